The van der Waals surface area contributed by atoms with Crippen LogP contribution >= 0.6 is 0 Å². The molecular formula is C17H18F2N4O4. The summed E-state index contributed by atoms with van der Waals surface area (Å²) in [5.41, 5.74) is 5.54. The summed E-state index contributed by atoms with van der Waals surface area (Å²) >= 11 is 0. The summed E-state index contributed by atoms with van der Waals surface area (Å²) < 4.78 is 26.5. The van der Waals surface area contributed by atoms with E-state index in [0.29, 0.717) is 5.56 Å². The van der Waals surface area contributed by atoms with Gasteiger partial charge >= 0.3 is 0 Å². The Kier molecular flexibility index (Phi) is 5.03. The van der Waals surface area contributed by atoms with E-state index < -0.39 is 48.7 Å². The second-order valence-electron chi connectivity index (χ2n) is 6.45. The predicted octanol–water partition coefficient (Wildman–Crippen LogP) is -0.229. The molecule has 8 nitrogen and oxygen atoms in total. The average molecular weight is 380 g/mol. The zero-order valence-electron chi connectivity index (χ0n) is 14.3. The first-order chi connectivity index (χ1) is 12.7. The number of fused-ring (bicyclic) bond motifs is 1. The van der Waals surface area contributed by atoms with Crippen LogP contribution in [0.2, 0.25) is 0 Å². The number of hydrogen-bond donors (Lipinski definition) is 3. The molecule has 1 fully saturated rings. The highest BCUT2D eigenvalue weighted by Crippen LogP contribution is 2.30. The van der Waals surface area contributed by atoms with Crippen LogP contribution in [0.1, 0.15) is 39.1 Å². The molecule has 1 aromatic carbocycles. The van der Waals surface area contributed by atoms with Crippen molar-refractivity contribution in [1.29, 1.82) is 0 Å². The third kappa shape index (κ3) is 3.58. The smallest absolute Gasteiger partial charge is 0.272 e. The highest BCUT2D eigenvalue weighted by Gasteiger charge is 2.45. The Morgan fingerprint density at radius 3 is 2.63 bits per heavy atom. The number of carbonyl (C=O) groups is 4. The maximum atomic E-state index is 13.3. The number of halogens is 2. The molecule has 1 unspecified atom stereocenters. The minimum atomic E-state index is -3.09. The van der Waals surface area contributed by atoms with Gasteiger partial charge in [0.25, 0.3) is 17.7 Å². The van der Waals surface area contributed by atoms with E-state index in [1.807, 2.05) is 0 Å². The first-order valence-electron chi connectivity index (χ1n) is 8.37. The number of imide groups is 2. The van der Waals surface area contributed by atoms with Crippen molar-refractivity contribution in [3.8, 4) is 0 Å². The minimum Gasteiger partial charge on any atom is -0.325 e. The molecule has 0 saturated carbocycles. The fourth-order valence-electron chi connectivity index (χ4n) is 3.18. The van der Waals surface area contributed by atoms with Gasteiger partial charge in [-0.2, -0.15) is 0 Å². The van der Waals surface area contributed by atoms with Crippen molar-refractivity contribution in [3.63, 3.8) is 0 Å². The van der Waals surface area contributed by atoms with Crippen LogP contribution in [0.3, 0.4) is 0 Å². The lowest BCUT2D eigenvalue weighted by molar-refractivity contribution is -0.136. The predicted molar refractivity (Wildman–Crippen MR) is 88.8 cm³/mol. The van der Waals surface area contributed by atoms with Gasteiger partial charge in [0.2, 0.25) is 11.8 Å². The van der Waals surface area contributed by atoms with Gasteiger partial charge in [-0.1, -0.05) is 12.1 Å². The minimum absolute atomic E-state index is 0.0202. The Morgan fingerprint density at radius 1 is 1.22 bits per heavy atom. The van der Waals surface area contributed by atoms with Crippen molar-refractivity contribution in [3.05, 3.63) is 34.9 Å². The molecule has 0 bridgehead atoms. The second kappa shape index (κ2) is 7.12. The summed E-state index contributed by atoms with van der Waals surface area (Å²) in [6.45, 7) is -1.55. The second-order valence-corrected chi connectivity index (χ2v) is 6.45. The summed E-state index contributed by atoms with van der Waals surface area (Å²) in [7, 11) is 0. The fourth-order valence-corrected chi connectivity index (χ4v) is 3.18. The van der Waals surface area contributed by atoms with Gasteiger partial charge in [0, 0.05) is 13.0 Å². The number of nitrogens with zero attached hydrogens (tertiary/aromatic N) is 1. The quantitative estimate of drug-likeness (QED) is 0.586. The van der Waals surface area contributed by atoms with Crippen LogP contribution in [0, 0.1) is 0 Å². The number of alkyl halides is 2. The number of piperidine rings is 1. The number of benzene rings is 1. The Hall–Kier alpha value is -2.72. The molecule has 10 heteroatoms. The lowest BCUT2D eigenvalue weighted by Crippen LogP contribution is -2.54. The summed E-state index contributed by atoms with van der Waals surface area (Å²) in [6.07, 6.45) is 0.0683. The normalized spacial score (nSPS) is 20.1. The van der Waals surface area contributed by atoms with Crippen LogP contribution in [0.15, 0.2) is 18.2 Å². The lowest BCUT2D eigenvalue weighted by Gasteiger charge is -2.27. The van der Waals surface area contributed by atoms with Crippen LogP contribution < -0.4 is 16.4 Å². The van der Waals surface area contributed by atoms with Crippen molar-refractivity contribution in [2.24, 2.45) is 5.73 Å². The molecule has 0 aliphatic carbocycles. The summed E-state index contributed by atoms with van der Waals surface area (Å²) in [5, 5.41) is 4.65. The van der Waals surface area contributed by atoms with Crippen molar-refractivity contribution >= 4 is 23.6 Å². The molecule has 4 N–H and O–H groups in total. The molecule has 27 heavy (non-hydrogen) atoms. The maximum absolute atomic E-state index is 13.3. The molecule has 1 saturated heterocycles. The van der Waals surface area contributed by atoms with Gasteiger partial charge in [0.1, 0.15) is 6.04 Å². The highest BCUT2D eigenvalue weighted by molar-refractivity contribution is 6.24. The van der Waals surface area contributed by atoms with E-state index in [1.165, 1.54) is 12.1 Å². The average Bonchev–Trinajstić information content (AvgIpc) is 2.87. The van der Waals surface area contributed by atoms with Gasteiger partial charge in [-0.3, -0.25) is 29.4 Å². The summed E-state index contributed by atoms with van der Waals surface area (Å²) in [5.74, 6) is -5.57. The van der Waals surface area contributed by atoms with E-state index in [4.69, 9.17) is 5.73 Å². The van der Waals surface area contributed by atoms with E-state index in [9.17, 15) is 28.0 Å². The van der Waals surface area contributed by atoms with Gasteiger partial charge in [-0.25, -0.2) is 8.78 Å². The molecular weight excluding hydrogens is 362 g/mol. The molecule has 2 aliphatic rings. The number of nitrogens with two attached hydrogens (primary N) is 1. The molecule has 0 radical (unpaired) electrons. The Labute approximate surface area is 153 Å². The molecule has 144 valence electrons. The van der Waals surface area contributed by atoms with Crippen LogP contribution in [0.5, 0.6) is 0 Å². The number of rotatable bonds is 6. The third-order valence-corrected chi connectivity index (χ3v) is 4.55. The van der Waals surface area contributed by atoms with Gasteiger partial charge in [0.05, 0.1) is 24.2 Å². The highest BCUT2D eigenvalue weighted by atomic mass is 19.3. The van der Waals surface area contributed by atoms with E-state index in [0.717, 1.165) is 4.90 Å². The molecule has 1 aromatic rings. The van der Waals surface area contributed by atoms with Gasteiger partial charge in [0.15, 0.2) is 0 Å². The summed E-state index contributed by atoms with van der Waals surface area (Å²) in [4.78, 5) is 49.6. The van der Waals surface area contributed by atoms with Gasteiger partial charge < -0.3 is 11.1 Å². The first-order valence-corrected chi connectivity index (χ1v) is 8.37. The SMILES string of the molecule is NCC(F)(F)CNCc1cccc2c1C(=O)N(C1CCC(=O)NC1=O)C2=O. The maximum Gasteiger partial charge on any atom is 0.272 e. The Morgan fingerprint density at radius 2 is 1.96 bits per heavy atom. The van der Waals surface area contributed by atoms with Crippen molar-refractivity contribution in [2.45, 2.75) is 31.4 Å². The van der Waals surface area contributed by atoms with Crippen LogP contribution in [0.4, 0.5) is 8.78 Å². The monoisotopic (exact) mass is 380 g/mol. The summed E-state index contributed by atoms with van der Waals surface area (Å²) in [6, 6.07) is 3.46. The number of amides is 4. The van der Waals surface area contributed by atoms with Crippen molar-refractivity contribution in [1.82, 2.24) is 15.5 Å². The molecule has 3 rings (SSSR count). The van der Waals surface area contributed by atoms with E-state index in [1.54, 1.807) is 6.07 Å². The molecule has 2 heterocycles. The standard InChI is InChI=1S/C17H18F2N4O4/c18-17(19,7-20)8-21-6-9-2-1-3-10-13(9)16(27)23(15(10)26)11-4-5-12(24)22-14(11)25/h1-3,11,21H,4-8,20H2,(H,22,24,25). The van der Waals surface area contributed by atoms with Gasteiger partial charge in [-0.05, 0) is 18.1 Å². The molecule has 4 amide bonds. The van der Waals surface area contributed by atoms with Gasteiger partial charge in [-0.15, -0.1) is 0 Å². The van der Waals surface area contributed by atoms with E-state index in [-0.39, 0.29) is 30.5 Å². The fraction of sp³-hybridized carbons (Fsp3) is 0.412. The van der Waals surface area contributed by atoms with Crippen LogP contribution in [-0.4, -0.2) is 53.6 Å². The molecule has 2 aliphatic heterocycles. The number of hydrogen-bond acceptors (Lipinski definition) is 6. The Balaban J connectivity index is 1.82. The zero-order valence-corrected chi connectivity index (χ0v) is 14.3. The number of carbonyl (C=O) groups excluding carboxylic acids is 4. The third-order valence-electron chi connectivity index (χ3n) is 4.55. The van der Waals surface area contributed by atoms with Crippen LogP contribution in [-0.2, 0) is 16.1 Å². The first kappa shape index (κ1) is 19.1. The van der Waals surface area contributed by atoms with E-state index in [2.05, 4.69) is 10.6 Å². The largest absolute Gasteiger partial charge is 0.325 e. The van der Waals surface area contributed by atoms with Crippen molar-refractivity contribution < 1.29 is 28.0 Å². The number of nitrogens with one attached hydrogen (secondary N) is 2. The lowest BCUT2D eigenvalue weighted by atomic mass is 10.0. The topological polar surface area (TPSA) is 122 Å². The zero-order chi connectivity index (χ0) is 19.8. The Bertz CT molecular complexity index is 827. The molecule has 1 atom stereocenters. The van der Waals surface area contributed by atoms with E-state index >= 15 is 0 Å². The van der Waals surface area contributed by atoms with Crippen molar-refractivity contribution in [2.75, 3.05) is 13.1 Å². The molecule has 0 aromatic heterocycles. The van der Waals surface area contributed by atoms with Crippen LogP contribution in [0.25, 0.3) is 0 Å². The molecule has 0 spiro atoms.